The van der Waals surface area contributed by atoms with Crippen molar-refractivity contribution in [3.63, 3.8) is 0 Å². The molecule has 0 spiro atoms. The summed E-state index contributed by atoms with van der Waals surface area (Å²) in [5, 5.41) is 10.4. The Hall–Kier alpha value is -1.26. The van der Waals surface area contributed by atoms with Crippen LogP contribution in [-0.4, -0.2) is 35.0 Å². The number of carboxylic acid groups (broad SMARTS) is 1. The van der Waals surface area contributed by atoms with Crippen LogP contribution in [0.25, 0.3) is 0 Å². The molecule has 3 atom stereocenters. The summed E-state index contributed by atoms with van der Waals surface area (Å²) >= 11 is 12.1. The molecule has 1 saturated carbocycles. The van der Waals surface area contributed by atoms with E-state index in [1.54, 1.807) is 24.0 Å². The van der Waals surface area contributed by atoms with Crippen LogP contribution in [0.1, 0.15) is 31.2 Å². The Morgan fingerprint density at radius 1 is 1.36 bits per heavy atom. The van der Waals surface area contributed by atoms with Gasteiger partial charge in [0.05, 0.1) is 5.41 Å². The van der Waals surface area contributed by atoms with Crippen molar-refractivity contribution in [2.75, 3.05) is 13.1 Å². The lowest BCUT2D eigenvalue weighted by Gasteiger charge is -2.20. The van der Waals surface area contributed by atoms with Crippen LogP contribution >= 0.6 is 23.2 Å². The second-order valence-electron chi connectivity index (χ2n) is 6.49. The molecule has 6 heteroatoms. The molecule has 1 heterocycles. The highest BCUT2D eigenvalue weighted by atomic mass is 35.5. The lowest BCUT2D eigenvalue weighted by Crippen LogP contribution is -2.35. The Morgan fingerprint density at radius 2 is 2.09 bits per heavy atom. The number of carboxylic acids is 1. The molecule has 1 amide bonds. The molecule has 0 radical (unpaired) electrons. The number of nitrogens with zero attached hydrogens (tertiary/aromatic N) is 1. The molecule has 2 fully saturated rings. The fourth-order valence-electron chi connectivity index (χ4n) is 3.17. The molecular weight excluding hydrogens is 325 g/mol. The van der Waals surface area contributed by atoms with E-state index in [9.17, 15) is 14.7 Å². The molecule has 0 aromatic heterocycles. The van der Waals surface area contributed by atoms with Crippen molar-refractivity contribution in [3.8, 4) is 0 Å². The molecular formula is C16H17Cl2NO3. The SMILES string of the molecule is CC1(C(=O)O)CCN(C(=O)C2CC2c2ccc(Cl)cc2Cl)C1. The number of rotatable bonds is 3. The van der Waals surface area contributed by atoms with Gasteiger partial charge in [0.1, 0.15) is 0 Å². The van der Waals surface area contributed by atoms with E-state index in [0.717, 1.165) is 12.0 Å². The normalized spacial score (nSPS) is 30.4. The van der Waals surface area contributed by atoms with Crippen LogP contribution in [0, 0.1) is 11.3 Å². The average molecular weight is 342 g/mol. The molecule has 3 unspecified atom stereocenters. The van der Waals surface area contributed by atoms with Crippen molar-refractivity contribution in [2.45, 2.75) is 25.7 Å². The van der Waals surface area contributed by atoms with E-state index < -0.39 is 11.4 Å². The standard InChI is InChI=1S/C16H17Cl2NO3/c1-16(15(21)22)4-5-19(8-16)14(20)12-7-11(12)10-3-2-9(17)6-13(10)18/h2-3,6,11-12H,4-5,7-8H2,1H3,(H,21,22). The highest BCUT2D eigenvalue weighted by molar-refractivity contribution is 6.35. The quantitative estimate of drug-likeness (QED) is 0.916. The van der Waals surface area contributed by atoms with Gasteiger partial charge in [-0.15, -0.1) is 0 Å². The molecule has 4 nitrogen and oxygen atoms in total. The highest BCUT2D eigenvalue weighted by Crippen LogP contribution is 2.51. The monoisotopic (exact) mass is 341 g/mol. The topological polar surface area (TPSA) is 57.6 Å². The first kappa shape index (κ1) is 15.6. The third kappa shape index (κ3) is 2.70. The Kier molecular flexibility index (Phi) is 3.86. The van der Waals surface area contributed by atoms with Gasteiger partial charge in [-0.05, 0) is 43.4 Å². The molecule has 1 N–H and O–H groups in total. The summed E-state index contributed by atoms with van der Waals surface area (Å²) in [7, 11) is 0. The number of carbonyl (C=O) groups is 2. The van der Waals surface area contributed by atoms with Gasteiger partial charge in [-0.1, -0.05) is 29.3 Å². The number of amides is 1. The molecule has 1 aliphatic heterocycles. The Balaban J connectivity index is 1.68. The van der Waals surface area contributed by atoms with Crippen molar-refractivity contribution in [1.82, 2.24) is 4.90 Å². The first-order valence-electron chi connectivity index (χ1n) is 7.29. The van der Waals surface area contributed by atoms with Gasteiger partial charge in [-0.2, -0.15) is 0 Å². The summed E-state index contributed by atoms with van der Waals surface area (Å²) in [5.74, 6) is -0.763. The fourth-order valence-corrected chi connectivity index (χ4v) is 3.72. The number of aliphatic carboxylic acids is 1. The van der Waals surface area contributed by atoms with E-state index in [4.69, 9.17) is 23.2 Å². The van der Waals surface area contributed by atoms with E-state index in [0.29, 0.717) is 29.6 Å². The summed E-state index contributed by atoms with van der Waals surface area (Å²) in [6.45, 7) is 2.50. The van der Waals surface area contributed by atoms with E-state index >= 15 is 0 Å². The number of hydrogen-bond donors (Lipinski definition) is 1. The van der Waals surface area contributed by atoms with Crippen LogP contribution in [0.5, 0.6) is 0 Å². The number of benzene rings is 1. The fraction of sp³-hybridized carbons (Fsp3) is 0.500. The van der Waals surface area contributed by atoms with Crippen LogP contribution in [0.3, 0.4) is 0 Å². The average Bonchev–Trinajstić information content (AvgIpc) is 3.12. The third-order valence-electron chi connectivity index (χ3n) is 4.77. The number of likely N-dealkylation sites (tertiary alicyclic amines) is 1. The molecule has 2 aliphatic rings. The smallest absolute Gasteiger partial charge is 0.311 e. The van der Waals surface area contributed by atoms with Crippen molar-refractivity contribution in [1.29, 1.82) is 0 Å². The lowest BCUT2D eigenvalue weighted by atomic mass is 9.90. The van der Waals surface area contributed by atoms with Gasteiger partial charge in [0.25, 0.3) is 0 Å². The minimum absolute atomic E-state index is 0.0426. The predicted octanol–water partition coefficient (Wildman–Crippen LogP) is 3.42. The second-order valence-corrected chi connectivity index (χ2v) is 7.33. The zero-order valence-electron chi connectivity index (χ0n) is 12.2. The molecule has 1 aromatic rings. The largest absolute Gasteiger partial charge is 0.481 e. The van der Waals surface area contributed by atoms with E-state index in [-0.39, 0.29) is 17.7 Å². The molecule has 118 valence electrons. The van der Waals surface area contributed by atoms with Crippen LogP contribution in [0.4, 0.5) is 0 Å². The third-order valence-corrected chi connectivity index (χ3v) is 5.33. The predicted molar refractivity (Wildman–Crippen MR) is 84.2 cm³/mol. The van der Waals surface area contributed by atoms with Gasteiger partial charge < -0.3 is 10.0 Å². The Labute approximate surface area is 139 Å². The Morgan fingerprint density at radius 3 is 2.68 bits per heavy atom. The van der Waals surface area contributed by atoms with Gasteiger partial charge in [0.2, 0.25) is 5.91 Å². The maximum Gasteiger partial charge on any atom is 0.311 e. The minimum atomic E-state index is -0.837. The molecule has 22 heavy (non-hydrogen) atoms. The van der Waals surface area contributed by atoms with E-state index in [2.05, 4.69) is 0 Å². The molecule has 0 bridgehead atoms. The summed E-state index contributed by atoms with van der Waals surface area (Å²) in [6, 6.07) is 5.34. The van der Waals surface area contributed by atoms with Crippen molar-refractivity contribution in [3.05, 3.63) is 33.8 Å². The first-order chi connectivity index (χ1) is 10.3. The molecule has 1 saturated heterocycles. The number of carbonyl (C=O) groups excluding carboxylic acids is 1. The summed E-state index contributed by atoms with van der Waals surface area (Å²) in [5.41, 5.74) is 0.127. The summed E-state index contributed by atoms with van der Waals surface area (Å²) < 4.78 is 0. The van der Waals surface area contributed by atoms with Gasteiger partial charge in [-0.25, -0.2) is 0 Å². The van der Waals surface area contributed by atoms with Crippen LogP contribution in [0.2, 0.25) is 10.0 Å². The minimum Gasteiger partial charge on any atom is -0.481 e. The number of halogens is 2. The zero-order chi connectivity index (χ0) is 16.1. The van der Waals surface area contributed by atoms with Crippen molar-refractivity contribution < 1.29 is 14.7 Å². The molecule has 3 rings (SSSR count). The van der Waals surface area contributed by atoms with E-state index in [1.807, 2.05) is 6.07 Å². The number of hydrogen-bond acceptors (Lipinski definition) is 2. The molecule has 1 aliphatic carbocycles. The second kappa shape index (κ2) is 5.43. The summed E-state index contributed by atoms with van der Waals surface area (Å²) in [4.78, 5) is 25.5. The van der Waals surface area contributed by atoms with Gasteiger partial charge in [0, 0.05) is 29.1 Å². The Bertz CT molecular complexity index is 648. The van der Waals surface area contributed by atoms with Gasteiger partial charge in [-0.3, -0.25) is 9.59 Å². The van der Waals surface area contributed by atoms with Gasteiger partial charge >= 0.3 is 5.97 Å². The molecule has 1 aromatic carbocycles. The van der Waals surface area contributed by atoms with Crippen LogP contribution in [0.15, 0.2) is 18.2 Å². The highest BCUT2D eigenvalue weighted by Gasteiger charge is 2.50. The van der Waals surface area contributed by atoms with E-state index in [1.165, 1.54) is 0 Å². The lowest BCUT2D eigenvalue weighted by molar-refractivity contribution is -0.147. The van der Waals surface area contributed by atoms with Crippen LogP contribution in [-0.2, 0) is 9.59 Å². The maximum absolute atomic E-state index is 12.5. The van der Waals surface area contributed by atoms with Crippen molar-refractivity contribution >= 4 is 35.1 Å². The van der Waals surface area contributed by atoms with Crippen molar-refractivity contribution in [2.24, 2.45) is 11.3 Å². The summed E-state index contributed by atoms with van der Waals surface area (Å²) in [6.07, 6.45) is 1.27. The maximum atomic E-state index is 12.5. The first-order valence-corrected chi connectivity index (χ1v) is 8.04. The van der Waals surface area contributed by atoms with Gasteiger partial charge in [0.15, 0.2) is 0 Å². The van der Waals surface area contributed by atoms with Crippen LogP contribution < -0.4 is 0 Å². The zero-order valence-corrected chi connectivity index (χ0v) is 13.7.